The predicted molar refractivity (Wildman–Crippen MR) is 80.5 cm³/mol. The van der Waals surface area contributed by atoms with E-state index in [0.717, 1.165) is 36.1 Å². The highest BCUT2D eigenvalue weighted by Gasteiger charge is 2.33. The lowest BCUT2D eigenvalue weighted by Crippen LogP contribution is -2.32. The lowest BCUT2D eigenvalue weighted by molar-refractivity contribution is 0.0725. The number of rotatable bonds is 2. The number of hydrogen-bond donors (Lipinski definition) is 0. The Hall–Kier alpha value is -2.23. The van der Waals surface area contributed by atoms with Gasteiger partial charge in [-0.25, -0.2) is 8.78 Å². The second-order valence-corrected chi connectivity index (χ2v) is 5.61. The van der Waals surface area contributed by atoms with Crippen LogP contribution in [0.15, 0.2) is 42.5 Å². The Morgan fingerprint density at radius 1 is 1.09 bits per heavy atom. The molecule has 1 atom stereocenters. The van der Waals surface area contributed by atoms with Crippen molar-refractivity contribution in [2.24, 2.45) is 0 Å². The van der Waals surface area contributed by atoms with Crippen molar-refractivity contribution in [3.8, 4) is 0 Å². The molecule has 1 amide bonds. The van der Waals surface area contributed by atoms with E-state index in [-0.39, 0.29) is 6.04 Å². The van der Waals surface area contributed by atoms with Crippen LogP contribution in [0.1, 0.15) is 40.4 Å². The van der Waals surface area contributed by atoms with Crippen molar-refractivity contribution < 1.29 is 13.6 Å². The Labute approximate surface area is 128 Å². The third-order valence-electron chi connectivity index (χ3n) is 4.24. The number of nitrogens with zero attached hydrogens (tertiary/aromatic N) is 1. The maximum Gasteiger partial charge on any atom is 0.260 e. The van der Waals surface area contributed by atoms with Crippen LogP contribution >= 0.6 is 0 Å². The largest absolute Gasteiger partial charge is 0.331 e. The number of likely N-dealkylation sites (tertiary alicyclic amines) is 1. The van der Waals surface area contributed by atoms with Gasteiger partial charge >= 0.3 is 0 Å². The predicted octanol–water partition coefficient (Wildman–Crippen LogP) is 4.25. The first kappa shape index (κ1) is 14.7. The molecule has 0 unspecified atom stereocenters. The molecule has 1 saturated heterocycles. The summed E-state index contributed by atoms with van der Waals surface area (Å²) in [5, 5.41) is 0. The zero-order valence-corrected chi connectivity index (χ0v) is 12.4. The Bertz CT molecular complexity index is 694. The molecule has 0 aliphatic carbocycles. The lowest BCUT2D eigenvalue weighted by Gasteiger charge is -2.26. The van der Waals surface area contributed by atoms with Crippen LogP contribution in [-0.2, 0) is 0 Å². The second-order valence-electron chi connectivity index (χ2n) is 5.61. The van der Waals surface area contributed by atoms with Gasteiger partial charge in [0.2, 0.25) is 0 Å². The molecule has 0 bridgehead atoms. The summed E-state index contributed by atoms with van der Waals surface area (Å²) < 4.78 is 27.8. The molecule has 2 aromatic rings. The zero-order chi connectivity index (χ0) is 15.7. The molecule has 1 aliphatic rings. The lowest BCUT2D eigenvalue weighted by atomic mass is 9.99. The molecule has 0 N–H and O–H groups in total. The Morgan fingerprint density at radius 3 is 2.45 bits per heavy atom. The highest BCUT2D eigenvalue weighted by molar-refractivity contribution is 5.95. The minimum absolute atomic E-state index is 0.118. The number of hydrogen-bond acceptors (Lipinski definition) is 1. The van der Waals surface area contributed by atoms with E-state index in [1.54, 1.807) is 4.90 Å². The molecule has 2 nitrogen and oxygen atoms in total. The summed E-state index contributed by atoms with van der Waals surface area (Å²) in [6.45, 7) is 2.51. The average molecular weight is 301 g/mol. The molecular formula is C18H17F2NO. The first-order valence-electron chi connectivity index (χ1n) is 7.40. The molecule has 0 radical (unpaired) electrons. The molecule has 1 heterocycles. The maximum atomic E-state index is 13.9. The minimum Gasteiger partial charge on any atom is -0.331 e. The van der Waals surface area contributed by atoms with Gasteiger partial charge in [-0.15, -0.1) is 0 Å². The van der Waals surface area contributed by atoms with Crippen molar-refractivity contribution in [3.05, 3.63) is 70.8 Å². The van der Waals surface area contributed by atoms with E-state index < -0.39 is 23.1 Å². The van der Waals surface area contributed by atoms with Crippen molar-refractivity contribution >= 4 is 5.91 Å². The van der Waals surface area contributed by atoms with Gasteiger partial charge in [-0.3, -0.25) is 4.79 Å². The van der Waals surface area contributed by atoms with Gasteiger partial charge < -0.3 is 4.90 Å². The van der Waals surface area contributed by atoms with E-state index in [0.29, 0.717) is 6.54 Å². The summed E-state index contributed by atoms with van der Waals surface area (Å²) in [5.74, 6) is -2.18. The van der Waals surface area contributed by atoms with Gasteiger partial charge in [0.1, 0.15) is 17.2 Å². The fourth-order valence-corrected chi connectivity index (χ4v) is 3.14. The number of halogens is 2. The number of carbonyl (C=O) groups excluding carboxylic acids is 1. The zero-order valence-electron chi connectivity index (χ0n) is 12.4. The normalized spacial score (nSPS) is 17.8. The van der Waals surface area contributed by atoms with Crippen LogP contribution in [0.2, 0.25) is 0 Å². The van der Waals surface area contributed by atoms with Crippen molar-refractivity contribution in [2.45, 2.75) is 25.8 Å². The van der Waals surface area contributed by atoms with Gasteiger partial charge in [-0.1, -0.05) is 30.3 Å². The van der Waals surface area contributed by atoms with E-state index in [1.165, 1.54) is 6.07 Å². The molecule has 2 aromatic carbocycles. The summed E-state index contributed by atoms with van der Waals surface area (Å²) in [6, 6.07) is 11.2. The number of aryl methyl sites for hydroxylation is 1. The van der Waals surface area contributed by atoms with Crippen LogP contribution in [0.25, 0.3) is 0 Å². The van der Waals surface area contributed by atoms with Gasteiger partial charge in [-0.2, -0.15) is 0 Å². The smallest absolute Gasteiger partial charge is 0.260 e. The molecule has 22 heavy (non-hydrogen) atoms. The molecule has 3 rings (SSSR count). The van der Waals surface area contributed by atoms with Crippen LogP contribution in [0.5, 0.6) is 0 Å². The highest BCUT2D eigenvalue weighted by Crippen LogP contribution is 2.35. The van der Waals surface area contributed by atoms with Gasteiger partial charge in [0.25, 0.3) is 5.91 Å². The van der Waals surface area contributed by atoms with Gasteiger partial charge in [0.15, 0.2) is 0 Å². The van der Waals surface area contributed by atoms with E-state index in [9.17, 15) is 13.6 Å². The summed E-state index contributed by atoms with van der Waals surface area (Å²) in [4.78, 5) is 14.2. The first-order chi connectivity index (χ1) is 10.6. The quantitative estimate of drug-likeness (QED) is 0.812. The topological polar surface area (TPSA) is 20.3 Å². The summed E-state index contributed by atoms with van der Waals surface area (Å²) in [5.41, 5.74) is 1.68. The van der Waals surface area contributed by atoms with Crippen molar-refractivity contribution in [3.63, 3.8) is 0 Å². The van der Waals surface area contributed by atoms with Crippen molar-refractivity contribution in [1.82, 2.24) is 4.90 Å². The van der Waals surface area contributed by atoms with Crippen molar-refractivity contribution in [2.75, 3.05) is 6.54 Å². The van der Waals surface area contributed by atoms with Gasteiger partial charge in [0, 0.05) is 6.54 Å². The van der Waals surface area contributed by atoms with E-state index in [1.807, 2.05) is 31.2 Å². The Morgan fingerprint density at radius 2 is 1.77 bits per heavy atom. The number of benzene rings is 2. The highest BCUT2D eigenvalue weighted by atomic mass is 19.1. The number of amides is 1. The molecule has 0 aromatic heterocycles. The van der Waals surface area contributed by atoms with Crippen LogP contribution in [0, 0.1) is 18.6 Å². The molecule has 114 valence electrons. The Balaban J connectivity index is 1.97. The standard InChI is InChI=1S/C18H17F2NO/c1-12-6-2-3-7-13(12)16-10-5-11-21(16)18(22)17-14(19)8-4-9-15(17)20/h2-4,6-9,16H,5,10-11H2,1H3/t16-/m1/s1. The molecular weight excluding hydrogens is 284 g/mol. The Kier molecular flexibility index (Phi) is 3.92. The number of carbonyl (C=O) groups is 1. The fraction of sp³-hybridized carbons (Fsp3) is 0.278. The van der Waals surface area contributed by atoms with E-state index in [4.69, 9.17) is 0 Å². The van der Waals surface area contributed by atoms with Crippen molar-refractivity contribution in [1.29, 1.82) is 0 Å². The first-order valence-corrected chi connectivity index (χ1v) is 7.40. The summed E-state index contributed by atoms with van der Waals surface area (Å²) in [7, 11) is 0. The second kappa shape index (κ2) is 5.87. The van der Waals surface area contributed by atoms with E-state index >= 15 is 0 Å². The average Bonchev–Trinajstić information content (AvgIpc) is 2.96. The molecule has 4 heteroatoms. The van der Waals surface area contributed by atoms with Crippen LogP contribution in [0.3, 0.4) is 0 Å². The third-order valence-corrected chi connectivity index (χ3v) is 4.24. The molecule has 0 saturated carbocycles. The van der Waals surface area contributed by atoms with Gasteiger partial charge in [-0.05, 0) is 43.0 Å². The third kappa shape index (κ3) is 2.49. The van der Waals surface area contributed by atoms with Crippen LogP contribution in [0.4, 0.5) is 8.78 Å². The minimum atomic E-state index is -0.805. The van der Waals surface area contributed by atoms with Gasteiger partial charge in [0.05, 0.1) is 6.04 Å². The van der Waals surface area contributed by atoms with E-state index in [2.05, 4.69) is 0 Å². The molecule has 0 spiro atoms. The monoisotopic (exact) mass is 301 g/mol. The van der Waals surface area contributed by atoms with Crippen LogP contribution < -0.4 is 0 Å². The SMILES string of the molecule is Cc1ccccc1[C@H]1CCCN1C(=O)c1c(F)cccc1F. The molecule has 1 aliphatic heterocycles. The summed E-state index contributed by atoms with van der Waals surface area (Å²) in [6.07, 6.45) is 1.65. The summed E-state index contributed by atoms with van der Waals surface area (Å²) >= 11 is 0. The fourth-order valence-electron chi connectivity index (χ4n) is 3.14. The van der Waals surface area contributed by atoms with Crippen LogP contribution in [-0.4, -0.2) is 17.4 Å². The maximum absolute atomic E-state index is 13.9. The molecule has 1 fully saturated rings.